The lowest BCUT2D eigenvalue weighted by molar-refractivity contribution is -0.0328. The summed E-state index contributed by atoms with van der Waals surface area (Å²) in [4.78, 5) is 0.156. The first-order valence-corrected chi connectivity index (χ1v) is 4.78. The van der Waals surface area contributed by atoms with E-state index in [9.17, 15) is 13.2 Å². The van der Waals surface area contributed by atoms with Crippen molar-refractivity contribution >= 4 is 11.8 Å². The van der Waals surface area contributed by atoms with Gasteiger partial charge >= 0.3 is 5.51 Å². The molecule has 78 valence electrons. The first-order chi connectivity index (χ1) is 6.51. The minimum atomic E-state index is -4.25. The minimum absolute atomic E-state index is 0.0554. The van der Waals surface area contributed by atoms with Gasteiger partial charge in [-0.3, -0.25) is 0 Å². The normalized spacial score (nSPS) is 11.7. The number of aliphatic hydroxyl groups excluding tert-OH is 1. The molecule has 0 fully saturated rings. The van der Waals surface area contributed by atoms with Crippen LogP contribution in [0.3, 0.4) is 0 Å². The van der Waals surface area contributed by atoms with E-state index in [1.54, 1.807) is 12.1 Å². The third-order valence-corrected chi connectivity index (χ3v) is 2.25. The van der Waals surface area contributed by atoms with E-state index < -0.39 is 5.51 Å². The fourth-order valence-electron chi connectivity index (χ4n) is 1.03. The maximum absolute atomic E-state index is 12.0. The van der Waals surface area contributed by atoms with Crippen molar-refractivity contribution in [2.45, 2.75) is 16.8 Å². The highest BCUT2D eigenvalue weighted by atomic mass is 32.2. The third kappa shape index (κ3) is 4.02. The molecule has 1 aromatic rings. The molecule has 0 spiro atoms. The van der Waals surface area contributed by atoms with Crippen LogP contribution in [0.25, 0.3) is 0 Å². The molecule has 0 saturated carbocycles. The van der Waals surface area contributed by atoms with E-state index in [2.05, 4.69) is 0 Å². The van der Waals surface area contributed by atoms with Crippen molar-refractivity contribution in [1.29, 1.82) is 0 Å². The van der Waals surface area contributed by atoms with Gasteiger partial charge in [0, 0.05) is 11.5 Å². The van der Waals surface area contributed by atoms with E-state index in [1.165, 1.54) is 12.1 Å². The lowest BCUT2D eigenvalue weighted by atomic mass is 10.2. The molecule has 0 unspecified atom stereocenters. The lowest BCUT2D eigenvalue weighted by Gasteiger charge is -2.06. The summed E-state index contributed by atoms with van der Waals surface area (Å²) in [6, 6.07) is 6.09. The number of halogens is 3. The molecule has 5 heteroatoms. The van der Waals surface area contributed by atoms with Crippen LogP contribution in [-0.4, -0.2) is 17.2 Å². The summed E-state index contributed by atoms with van der Waals surface area (Å²) < 4.78 is 35.9. The van der Waals surface area contributed by atoms with Crippen molar-refractivity contribution in [3.05, 3.63) is 29.8 Å². The first kappa shape index (κ1) is 11.4. The number of benzene rings is 1. The van der Waals surface area contributed by atoms with Crippen LogP contribution in [0.2, 0.25) is 0 Å². The molecule has 0 radical (unpaired) electrons. The number of hydrogen-bond donors (Lipinski definition) is 1. The molecule has 0 saturated heterocycles. The molecule has 14 heavy (non-hydrogen) atoms. The molecular formula is C9H9F3OS. The number of thioether (sulfide) groups is 1. The predicted molar refractivity (Wildman–Crippen MR) is 49.1 cm³/mol. The van der Waals surface area contributed by atoms with E-state index in [0.717, 1.165) is 0 Å². The Morgan fingerprint density at radius 2 is 2.00 bits per heavy atom. The number of alkyl halides is 3. The maximum atomic E-state index is 12.0. The molecule has 0 aromatic heterocycles. The molecule has 1 rings (SSSR count). The summed E-state index contributed by atoms with van der Waals surface area (Å²) in [7, 11) is 0. The van der Waals surface area contributed by atoms with Crippen molar-refractivity contribution in [3.8, 4) is 0 Å². The van der Waals surface area contributed by atoms with E-state index in [1.807, 2.05) is 0 Å². The molecule has 1 nitrogen and oxygen atoms in total. The Morgan fingerprint density at radius 3 is 2.57 bits per heavy atom. The molecule has 0 atom stereocenters. The van der Waals surface area contributed by atoms with Crippen LogP contribution in [0, 0.1) is 0 Å². The van der Waals surface area contributed by atoms with Crippen LogP contribution in [-0.2, 0) is 6.42 Å². The molecule has 1 N–H and O–H groups in total. The van der Waals surface area contributed by atoms with Gasteiger partial charge in [-0.25, -0.2) is 0 Å². The molecule has 0 aliphatic carbocycles. The second-order valence-corrected chi connectivity index (χ2v) is 3.81. The van der Waals surface area contributed by atoms with Gasteiger partial charge in [-0.1, -0.05) is 12.1 Å². The Labute approximate surface area is 83.9 Å². The van der Waals surface area contributed by atoms with Gasteiger partial charge in [0.2, 0.25) is 0 Å². The molecule has 0 heterocycles. The Morgan fingerprint density at radius 1 is 1.29 bits per heavy atom. The van der Waals surface area contributed by atoms with Crippen molar-refractivity contribution in [2.24, 2.45) is 0 Å². The smallest absolute Gasteiger partial charge is 0.396 e. The summed E-state index contributed by atoms with van der Waals surface area (Å²) in [6.45, 7) is -0.0554. The Bertz CT molecular complexity index is 298. The van der Waals surface area contributed by atoms with E-state index in [4.69, 9.17) is 5.11 Å². The minimum Gasteiger partial charge on any atom is -0.396 e. The lowest BCUT2D eigenvalue weighted by Crippen LogP contribution is -1.99. The maximum Gasteiger partial charge on any atom is 0.446 e. The summed E-state index contributed by atoms with van der Waals surface area (Å²) in [5.41, 5.74) is -3.54. The summed E-state index contributed by atoms with van der Waals surface area (Å²) in [5.74, 6) is 0. The molecule has 1 aromatic carbocycles. The van der Waals surface area contributed by atoms with Crippen molar-refractivity contribution in [2.75, 3.05) is 6.61 Å². The van der Waals surface area contributed by atoms with Crippen LogP contribution in [0.15, 0.2) is 29.2 Å². The number of rotatable bonds is 3. The molecule has 0 aliphatic heterocycles. The summed E-state index contributed by atoms with van der Waals surface area (Å²) >= 11 is -0.141. The fourth-order valence-corrected chi connectivity index (χ4v) is 1.65. The van der Waals surface area contributed by atoms with Gasteiger partial charge in [0.1, 0.15) is 0 Å². The van der Waals surface area contributed by atoms with Gasteiger partial charge in [0.25, 0.3) is 0 Å². The molecular weight excluding hydrogens is 213 g/mol. The van der Waals surface area contributed by atoms with Gasteiger partial charge in [-0.15, -0.1) is 0 Å². The zero-order valence-corrected chi connectivity index (χ0v) is 8.03. The third-order valence-electron chi connectivity index (χ3n) is 1.53. The van der Waals surface area contributed by atoms with Crippen molar-refractivity contribution < 1.29 is 18.3 Å². The van der Waals surface area contributed by atoms with Crippen molar-refractivity contribution in [1.82, 2.24) is 0 Å². The monoisotopic (exact) mass is 222 g/mol. The van der Waals surface area contributed by atoms with Gasteiger partial charge in [0.15, 0.2) is 0 Å². The van der Waals surface area contributed by atoms with Crippen LogP contribution in [0.1, 0.15) is 5.56 Å². The topological polar surface area (TPSA) is 20.2 Å². The zero-order valence-electron chi connectivity index (χ0n) is 7.21. The summed E-state index contributed by atoms with van der Waals surface area (Å²) in [5, 5.41) is 8.61. The molecule has 0 bridgehead atoms. The van der Waals surface area contributed by atoms with E-state index >= 15 is 0 Å². The van der Waals surface area contributed by atoms with Crippen LogP contribution in [0.4, 0.5) is 13.2 Å². The number of hydrogen-bond acceptors (Lipinski definition) is 2. The fraction of sp³-hybridized carbons (Fsp3) is 0.333. The second kappa shape index (κ2) is 4.70. The Hall–Kier alpha value is -0.680. The molecule has 0 aliphatic rings. The molecule has 0 amide bonds. The highest BCUT2D eigenvalue weighted by Gasteiger charge is 2.29. The highest BCUT2D eigenvalue weighted by molar-refractivity contribution is 8.00. The first-order valence-electron chi connectivity index (χ1n) is 3.97. The predicted octanol–water partition coefficient (Wildman–Crippen LogP) is 2.83. The summed E-state index contributed by atoms with van der Waals surface area (Å²) in [6.07, 6.45) is 0.381. The zero-order chi connectivity index (χ0) is 10.6. The van der Waals surface area contributed by atoms with Crippen LogP contribution < -0.4 is 0 Å². The van der Waals surface area contributed by atoms with Gasteiger partial charge < -0.3 is 5.11 Å². The second-order valence-electron chi connectivity index (χ2n) is 2.67. The average molecular weight is 222 g/mol. The van der Waals surface area contributed by atoms with E-state index in [0.29, 0.717) is 12.0 Å². The Kier molecular flexibility index (Phi) is 3.83. The average Bonchev–Trinajstić information content (AvgIpc) is 2.02. The van der Waals surface area contributed by atoms with Gasteiger partial charge in [0.05, 0.1) is 0 Å². The SMILES string of the molecule is OCCc1cccc(SC(F)(F)F)c1. The standard InChI is InChI=1S/C9H9F3OS/c10-9(11,12)14-8-3-1-2-7(6-8)4-5-13/h1-3,6,13H,4-5H2. The van der Waals surface area contributed by atoms with Crippen molar-refractivity contribution in [3.63, 3.8) is 0 Å². The van der Waals surface area contributed by atoms with Crippen LogP contribution in [0.5, 0.6) is 0 Å². The van der Waals surface area contributed by atoms with E-state index in [-0.39, 0.29) is 23.3 Å². The van der Waals surface area contributed by atoms with Gasteiger partial charge in [-0.2, -0.15) is 13.2 Å². The highest BCUT2D eigenvalue weighted by Crippen LogP contribution is 2.36. The van der Waals surface area contributed by atoms with Gasteiger partial charge in [-0.05, 0) is 35.9 Å². The number of aliphatic hydroxyl groups is 1. The Balaban J connectivity index is 2.73. The largest absolute Gasteiger partial charge is 0.446 e. The quantitative estimate of drug-likeness (QED) is 0.793. The van der Waals surface area contributed by atoms with Crippen LogP contribution >= 0.6 is 11.8 Å².